The summed E-state index contributed by atoms with van der Waals surface area (Å²) in [7, 11) is 1.60. The summed E-state index contributed by atoms with van der Waals surface area (Å²) >= 11 is 0. The van der Waals surface area contributed by atoms with Gasteiger partial charge in [-0.3, -0.25) is 0 Å². The molecule has 0 radical (unpaired) electrons. The largest absolute Gasteiger partial charge is 0.481 e. The molecule has 1 aromatic rings. The summed E-state index contributed by atoms with van der Waals surface area (Å²) in [4.78, 5) is 4.01. The Balaban J connectivity index is 2.39. The minimum absolute atomic E-state index is 0.618. The van der Waals surface area contributed by atoms with Crippen LogP contribution in [0, 0.1) is 12.3 Å². The average Bonchev–Trinajstić information content (AvgIpc) is 2.25. The molecule has 0 bridgehead atoms. The molecule has 14 heavy (non-hydrogen) atoms. The summed E-state index contributed by atoms with van der Waals surface area (Å²) < 4.78 is 5.00. The van der Waals surface area contributed by atoms with Crippen LogP contribution in [0.2, 0.25) is 0 Å². The lowest BCUT2D eigenvalue weighted by atomic mass is 10.3. The first-order valence-electron chi connectivity index (χ1n) is 4.54. The highest BCUT2D eigenvalue weighted by atomic mass is 16.5. The number of anilines is 1. The van der Waals surface area contributed by atoms with Crippen molar-refractivity contribution in [2.75, 3.05) is 19.0 Å². The van der Waals surface area contributed by atoms with E-state index in [0.717, 1.165) is 25.1 Å². The smallest absolute Gasteiger partial charge is 0.214 e. The van der Waals surface area contributed by atoms with Crippen molar-refractivity contribution in [2.45, 2.75) is 12.8 Å². The summed E-state index contributed by atoms with van der Waals surface area (Å²) in [5, 5.41) is 3.24. The topological polar surface area (TPSA) is 34.2 Å². The molecular formula is C11H14N2O. The van der Waals surface area contributed by atoms with Gasteiger partial charge in [0, 0.05) is 30.9 Å². The normalized spacial score (nSPS) is 9.14. The third kappa shape index (κ3) is 3.36. The van der Waals surface area contributed by atoms with Gasteiger partial charge < -0.3 is 10.1 Å². The number of ether oxygens (including phenoxy) is 1. The predicted molar refractivity (Wildman–Crippen MR) is 57.3 cm³/mol. The highest BCUT2D eigenvalue weighted by Crippen LogP contribution is 2.12. The van der Waals surface area contributed by atoms with Crippen molar-refractivity contribution >= 4 is 5.69 Å². The molecule has 0 aliphatic rings. The molecule has 0 unspecified atom stereocenters. The Morgan fingerprint density at radius 3 is 3.21 bits per heavy atom. The van der Waals surface area contributed by atoms with E-state index < -0.39 is 0 Å². The SMILES string of the molecule is C#CCCCNc1ccnc(OC)c1. The van der Waals surface area contributed by atoms with Crippen LogP contribution in [0.1, 0.15) is 12.8 Å². The van der Waals surface area contributed by atoms with Crippen LogP contribution in [0.3, 0.4) is 0 Å². The highest BCUT2D eigenvalue weighted by molar-refractivity contribution is 5.44. The number of hydrogen-bond donors (Lipinski definition) is 1. The number of unbranched alkanes of at least 4 members (excludes halogenated alkanes) is 1. The quantitative estimate of drug-likeness (QED) is 0.569. The number of terminal acetylenes is 1. The van der Waals surface area contributed by atoms with E-state index in [2.05, 4.69) is 16.2 Å². The van der Waals surface area contributed by atoms with Crippen LogP contribution in [0.25, 0.3) is 0 Å². The second-order valence-electron chi connectivity index (χ2n) is 2.82. The summed E-state index contributed by atoms with van der Waals surface area (Å²) in [5.74, 6) is 3.22. The molecule has 0 fully saturated rings. The summed E-state index contributed by atoms with van der Waals surface area (Å²) in [6, 6.07) is 3.76. The van der Waals surface area contributed by atoms with Crippen molar-refractivity contribution in [1.29, 1.82) is 0 Å². The van der Waals surface area contributed by atoms with Crippen molar-refractivity contribution in [2.24, 2.45) is 0 Å². The van der Waals surface area contributed by atoms with Crippen LogP contribution in [0.4, 0.5) is 5.69 Å². The van der Waals surface area contributed by atoms with Crippen molar-refractivity contribution < 1.29 is 4.74 Å². The lowest BCUT2D eigenvalue weighted by Crippen LogP contribution is -2.01. The van der Waals surface area contributed by atoms with Gasteiger partial charge in [0.15, 0.2) is 0 Å². The second kappa shape index (κ2) is 5.87. The van der Waals surface area contributed by atoms with Gasteiger partial charge in [0.05, 0.1) is 7.11 Å². The number of pyridine rings is 1. The van der Waals surface area contributed by atoms with Crippen LogP contribution in [-0.2, 0) is 0 Å². The molecule has 0 aromatic carbocycles. The van der Waals surface area contributed by atoms with Crippen molar-refractivity contribution in [3.63, 3.8) is 0 Å². The average molecular weight is 190 g/mol. The van der Waals surface area contributed by atoms with Gasteiger partial charge in [0.2, 0.25) is 5.88 Å². The van der Waals surface area contributed by atoms with Gasteiger partial charge in [-0.25, -0.2) is 4.98 Å². The van der Waals surface area contributed by atoms with Crippen LogP contribution >= 0.6 is 0 Å². The zero-order valence-corrected chi connectivity index (χ0v) is 8.29. The minimum Gasteiger partial charge on any atom is -0.481 e. The van der Waals surface area contributed by atoms with Crippen molar-refractivity contribution in [3.05, 3.63) is 18.3 Å². The first kappa shape index (κ1) is 10.4. The van der Waals surface area contributed by atoms with E-state index >= 15 is 0 Å². The molecular weight excluding hydrogens is 176 g/mol. The van der Waals surface area contributed by atoms with E-state index in [9.17, 15) is 0 Å². The molecule has 1 rings (SSSR count). The second-order valence-corrected chi connectivity index (χ2v) is 2.82. The van der Waals surface area contributed by atoms with E-state index in [1.807, 2.05) is 12.1 Å². The number of methoxy groups -OCH3 is 1. The predicted octanol–water partition coefficient (Wildman–Crippen LogP) is 1.92. The summed E-state index contributed by atoms with van der Waals surface area (Å²) in [6.07, 6.45) is 8.63. The van der Waals surface area contributed by atoms with Gasteiger partial charge in [-0.1, -0.05) is 0 Å². The zero-order valence-electron chi connectivity index (χ0n) is 8.29. The fraction of sp³-hybridized carbons (Fsp3) is 0.364. The van der Waals surface area contributed by atoms with Gasteiger partial charge in [-0.05, 0) is 12.5 Å². The Hall–Kier alpha value is -1.69. The van der Waals surface area contributed by atoms with Gasteiger partial charge >= 0.3 is 0 Å². The molecule has 0 aliphatic carbocycles. The Labute approximate surface area is 84.5 Å². The van der Waals surface area contributed by atoms with Crippen LogP contribution < -0.4 is 10.1 Å². The van der Waals surface area contributed by atoms with E-state index in [1.165, 1.54) is 0 Å². The molecule has 1 aromatic heterocycles. The molecule has 0 atom stereocenters. The van der Waals surface area contributed by atoms with E-state index in [0.29, 0.717) is 5.88 Å². The van der Waals surface area contributed by atoms with E-state index in [4.69, 9.17) is 11.2 Å². The van der Waals surface area contributed by atoms with Crippen LogP contribution in [-0.4, -0.2) is 18.6 Å². The number of rotatable bonds is 5. The Morgan fingerprint density at radius 2 is 2.50 bits per heavy atom. The highest BCUT2D eigenvalue weighted by Gasteiger charge is 1.94. The number of aromatic nitrogens is 1. The maximum atomic E-state index is 5.15. The number of nitrogens with zero attached hydrogens (tertiary/aromatic N) is 1. The van der Waals surface area contributed by atoms with Crippen LogP contribution in [0.15, 0.2) is 18.3 Å². The third-order valence-electron chi connectivity index (χ3n) is 1.77. The summed E-state index contributed by atoms with van der Waals surface area (Å²) in [5.41, 5.74) is 1.01. The van der Waals surface area contributed by atoms with Gasteiger partial charge in [-0.2, -0.15) is 0 Å². The Kier molecular flexibility index (Phi) is 4.36. The Bertz CT molecular complexity index is 317. The fourth-order valence-electron chi connectivity index (χ4n) is 1.05. The lowest BCUT2D eigenvalue weighted by molar-refractivity contribution is 0.398. The maximum Gasteiger partial charge on any atom is 0.214 e. The minimum atomic E-state index is 0.618. The third-order valence-corrected chi connectivity index (χ3v) is 1.77. The molecule has 0 aliphatic heterocycles. The molecule has 74 valence electrons. The summed E-state index contributed by atoms with van der Waals surface area (Å²) in [6.45, 7) is 0.872. The van der Waals surface area contributed by atoms with Gasteiger partial charge in [0.1, 0.15) is 0 Å². The number of nitrogens with one attached hydrogen (secondary N) is 1. The van der Waals surface area contributed by atoms with Crippen molar-refractivity contribution in [3.8, 4) is 18.2 Å². The molecule has 0 amide bonds. The molecule has 1 heterocycles. The first-order valence-corrected chi connectivity index (χ1v) is 4.54. The molecule has 3 heteroatoms. The van der Waals surface area contributed by atoms with Gasteiger partial charge in [-0.15, -0.1) is 12.3 Å². The number of hydrogen-bond acceptors (Lipinski definition) is 3. The molecule has 0 saturated carbocycles. The molecule has 1 N–H and O–H groups in total. The monoisotopic (exact) mass is 190 g/mol. The van der Waals surface area contributed by atoms with Gasteiger partial charge in [0.25, 0.3) is 0 Å². The van der Waals surface area contributed by atoms with E-state index in [-0.39, 0.29) is 0 Å². The molecule has 0 saturated heterocycles. The van der Waals surface area contributed by atoms with E-state index in [1.54, 1.807) is 13.3 Å². The lowest BCUT2D eigenvalue weighted by Gasteiger charge is -2.05. The standard InChI is InChI=1S/C11H14N2O/c1-3-4-5-7-12-10-6-8-13-11(9-10)14-2/h1,6,8-9H,4-5,7H2,2H3,(H,12,13). The molecule has 0 spiro atoms. The van der Waals surface area contributed by atoms with Crippen LogP contribution in [0.5, 0.6) is 5.88 Å². The fourth-order valence-corrected chi connectivity index (χ4v) is 1.05. The zero-order chi connectivity index (χ0) is 10.2. The maximum absolute atomic E-state index is 5.15. The Morgan fingerprint density at radius 1 is 1.64 bits per heavy atom. The van der Waals surface area contributed by atoms with Crippen molar-refractivity contribution in [1.82, 2.24) is 4.98 Å². The molecule has 3 nitrogen and oxygen atoms in total. The first-order chi connectivity index (χ1) is 6.86.